The highest BCUT2D eigenvalue weighted by Gasteiger charge is 2.10. The molecule has 18 heavy (non-hydrogen) atoms. The average Bonchev–Trinajstić information content (AvgIpc) is 2.35. The Bertz CT molecular complexity index is 240. The maximum atomic E-state index is 11.3. The molecule has 0 spiro atoms. The summed E-state index contributed by atoms with van der Waals surface area (Å²) < 4.78 is 9.98. The largest absolute Gasteiger partial charge is 0.548 e. The molecule has 0 rings (SSSR count). The minimum absolute atomic E-state index is 0.274. The zero-order valence-electron chi connectivity index (χ0n) is 11.0. The van der Waals surface area contributed by atoms with Crippen molar-refractivity contribution in [3.05, 3.63) is 0 Å². The van der Waals surface area contributed by atoms with Crippen LogP contribution < -0.4 is 15.3 Å². The van der Waals surface area contributed by atoms with E-state index in [1.54, 1.807) is 14.2 Å². The Kier molecular flexibility index (Phi) is 10.2. The van der Waals surface area contributed by atoms with Crippen molar-refractivity contribution in [2.45, 2.75) is 6.42 Å². The van der Waals surface area contributed by atoms with E-state index < -0.39 is 12.5 Å². The maximum absolute atomic E-state index is 11.3. The van der Waals surface area contributed by atoms with Gasteiger partial charge in [0, 0.05) is 14.2 Å². The molecule has 0 aliphatic carbocycles. The number of amides is 1. The summed E-state index contributed by atoms with van der Waals surface area (Å²) in [4.78, 5) is 22.7. The van der Waals surface area contributed by atoms with Crippen LogP contribution in [0, 0.1) is 0 Å². The van der Waals surface area contributed by atoms with E-state index in [9.17, 15) is 14.7 Å². The Hall–Kier alpha value is -1.18. The van der Waals surface area contributed by atoms with Gasteiger partial charge in [-0.05, 0) is 0 Å². The molecule has 1 amide bonds. The number of quaternary nitrogens is 1. The molecule has 106 valence electrons. The number of carboxylic acids is 1. The fourth-order valence-corrected chi connectivity index (χ4v) is 1.42. The number of rotatable bonds is 11. The summed E-state index contributed by atoms with van der Waals surface area (Å²) in [6.07, 6.45) is 0.274. The highest BCUT2D eigenvalue weighted by atomic mass is 16.5. The molecular formula is C11H22N2O5. The zero-order chi connectivity index (χ0) is 13.8. The van der Waals surface area contributed by atoms with Gasteiger partial charge >= 0.3 is 0 Å². The lowest BCUT2D eigenvalue weighted by Crippen LogP contribution is -3.13. The summed E-state index contributed by atoms with van der Waals surface area (Å²) in [5.41, 5.74) is 0. The van der Waals surface area contributed by atoms with Gasteiger partial charge in [0.05, 0.1) is 38.7 Å². The minimum Gasteiger partial charge on any atom is -0.548 e. The molecule has 7 nitrogen and oxygen atoms in total. The average molecular weight is 262 g/mol. The van der Waals surface area contributed by atoms with E-state index >= 15 is 0 Å². The highest BCUT2D eigenvalue weighted by Crippen LogP contribution is 1.75. The molecule has 0 radical (unpaired) electrons. The molecule has 0 aliphatic rings. The standard InChI is InChI=1S/C11H22N2O5/c1-17-7-5-13(6-8-18-2)4-3-10(14)12-9-11(15)16/h3-9H2,1-2H3,(H,12,14)(H,15,16). The predicted octanol–water partition coefficient (Wildman–Crippen LogP) is -3.58. The number of carboxylic acid groups (broad SMARTS) is 1. The second kappa shape index (κ2) is 10.9. The number of hydrogen-bond donors (Lipinski definition) is 2. The van der Waals surface area contributed by atoms with Crippen molar-refractivity contribution in [2.24, 2.45) is 0 Å². The monoisotopic (exact) mass is 262 g/mol. The van der Waals surface area contributed by atoms with Gasteiger partial charge in [0.15, 0.2) is 0 Å². The van der Waals surface area contributed by atoms with E-state index in [4.69, 9.17) is 9.47 Å². The van der Waals surface area contributed by atoms with Gasteiger partial charge in [-0.3, -0.25) is 4.79 Å². The quantitative estimate of drug-likeness (QED) is 0.402. The van der Waals surface area contributed by atoms with Crippen molar-refractivity contribution in [3.8, 4) is 0 Å². The summed E-state index contributed by atoms with van der Waals surface area (Å²) in [5.74, 6) is -1.57. The number of aliphatic carboxylic acids is 1. The van der Waals surface area contributed by atoms with Crippen LogP contribution in [0.3, 0.4) is 0 Å². The molecule has 2 N–H and O–H groups in total. The van der Waals surface area contributed by atoms with Crippen LogP contribution in [-0.4, -0.2) is 65.5 Å². The van der Waals surface area contributed by atoms with E-state index in [-0.39, 0.29) is 12.3 Å². The Morgan fingerprint density at radius 3 is 2.11 bits per heavy atom. The van der Waals surface area contributed by atoms with E-state index in [0.717, 1.165) is 13.1 Å². The molecular weight excluding hydrogens is 240 g/mol. The Morgan fingerprint density at radius 1 is 1.11 bits per heavy atom. The van der Waals surface area contributed by atoms with Gasteiger partial charge in [-0.2, -0.15) is 0 Å². The topological polar surface area (TPSA) is 92.1 Å². The predicted molar refractivity (Wildman–Crippen MR) is 61.9 cm³/mol. The van der Waals surface area contributed by atoms with Gasteiger partial charge < -0.3 is 29.6 Å². The second-order valence-corrected chi connectivity index (χ2v) is 3.88. The third-order valence-corrected chi connectivity index (χ3v) is 2.45. The summed E-state index contributed by atoms with van der Waals surface area (Å²) in [7, 11) is 3.25. The summed E-state index contributed by atoms with van der Waals surface area (Å²) in [5, 5.41) is 12.4. The summed E-state index contributed by atoms with van der Waals surface area (Å²) in [6.45, 7) is 2.97. The van der Waals surface area contributed by atoms with Crippen molar-refractivity contribution < 1.29 is 29.1 Å². The molecule has 0 fully saturated rings. The number of hydrogen-bond acceptors (Lipinski definition) is 5. The van der Waals surface area contributed by atoms with Gasteiger partial charge in [-0.15, -0.1) is 0 Å². The van der Waals surface area contributed by atoms with Crippen LogP contribution in [0.15, 0.2) is 0 Å². The molecule has 0 atom stereocenters. The van der Waals surface area contributed by atoms with Crippen molar-refractivity contribution in [1.82, 2.24) is 5.32 Å². The van der Waals surface area contributed by atoms with Crippen LogP contribution in [0.25, 0.3) is 0 Å². The molecule has 0 bridgehead atoms. The molecule has 0 unspecified atom stereocenters. The summed E-state index contributed by atoms with van der Waals surface area (Å²) in [6, 6.07) is 0. The number of nitrogens with one attached hydrogen (secondary N) is 2. The number of methoxy groups -OCH3 is 2. The van der Waals surface area contributed by atoms with Crippen LogP contribution >= 0.6 is 0 Å². The van der Waals surface area contributed by atoms with Crippen LogP contribution in [0.5, 0.6) is 0 Å². The molecule has 0 saturated carbocycles. The van der Waals surface area contributed by atoms with Crippen molar-refractivity contribution in [3.63, 3.8) is 0 Å². The summed E-state index contributed by atoms with van der Waals surface area (Å²) >= 11 is 0. The molecule has 0 heterocycles. The third kappa shape index (κ3) is 10.0. The lowest BCUT2D eigenvalue weighted by Gasteiger charge is -2.18. The van der Waals surface area contributed by atoms with E-state index in [1.165, 1.54) is 4.90 Å². The van der Waals surface area contributed by atoms with Gasteiger partial charge in [-0.25, -0.2) is 0 Å². The van der Waals surface area contributed by atoms with Crippen molar-refractivity contribution in [2.75, 3.05) is 53.6 Å². The molecule has 0 aromatic rings. The van der Waals surface area contributed by atoms with E-state index in [0.29, 0.717) is 19.8 Å². The van der Waals surface area contributed by atoms with Gasteiger partial charge in [0.25, 0.3) is 0 Å². The van der Waals surface area contributed by atoms with Crippen LogP contribution in [0.1, 0.15) is 6.42 Å². The minimum atomic E-state index is -1.29. The lowest BCUT2D eigenvalue weighted by atomic mass is 10.3. The molecule has 0 aromatic heterocycles. The molecule has 0 saturated heterocycles. The zero-order valence-corrected chi connectivity index (χ0v) is 11.0. The Balaban J connectivity index is 3.84. The van der Waals surface area contributed by atoms with Crippen LogP contribution in [0.4, 0.5) is 0 Å². The first-order valence-electron chi connectivity index (χ1n) is 5.88. The molecule has 7 heteroatoms. The molecule has 0 aliphatic heterocycles. The third-order valence-electron chi connectivity index (χ3n) is 2.45. The van der Waals surface area contributed by atoms with Gasteiger partial charge in [0.1, 0.15) is 13.1 Å². The number of carbonyl (C=O) groups is 2. The van der Waals surface area contributed by atoms with E-state index in [2.05, 4.69) is 5.32 Å². The first kappa shape index (κ1) is 16.8. The fraction of sp³-hybridized carbons (Fsp3) is 0.818. The number of ether oxygens (including phenoxy) is 2. The van der Waals surface area contributed by atoms with E-state index in [1.807, 2.05) is 0 Å². The van der Waals surface area contributed by atoms with Crippen molar-refractivity contribution in [1.29, 1.82) is 0 Å². The smallest absolute Gasteiger partial charge is 0.225 e. The highest BCUT2D eigenvalue weighted by molar-refractivity contribution is 5.80. The van der Waals surface area contributed by atoms with Crippen LogP contribution in [0.2, 0.25) is 0 Å². The first-order valence-corrected chi connectivity index (χ1v) is 5.88. The van der Waals surface area contributed by atoms with Gasteiger partial charge in [-0.1, -0.05) is 0 Å². The Morgan fingerprint density at radius 2 is 1.67 bits per heavy atom. The lowest BCUT2D eigenvalue weighted by molar-refractivity contribution is -0.900. The molecule has 0 aromatic carbocycles. The first-order chi connectivity index (χ1) is 8.60. The Labute approximate surface area is 107 Å². The second-order valence-electron chi connectivity index (χ2n) is 3.88. The maximum Gasteiger partial charge on any atom is 0.225 e. The fourth-order valence-electron chi connectivity index (χ4n) is 1.42. The van der Waals surface area contributed by atoms with Gasteiger partial charge in [0.2, 0.25) is 5.91 Å². The number of carbonyl (C=O) groups excluding carboxylic acids is 2. The van der Waals surface area contributed by atoms with Crippen LogP contribution in [-0.2, 0) is 19.1 Å². The SMILES string of the molecule is COCC[NH+](CCOC)CCC(=O)NCC(=O)[O-]. The normalized spacial score (nSPS) is 10.6. The van der Waals surface area contributed by atoms with Crippen molar-refractivity contribution >= 4 is 11.9 Å².